The molecule has 0 atom stereocenters. The second-order valence-electron chi connectivity index (χ2n) is 16.5. The van der Waals surface area contributed by atoms with Gasteiger partial charge in [-0.2, -0.15) is 0 Å². The molecule has 0 aliphatic carbocycles. The summed E-state index contributed by atoms with van der Waals surface area (Å²) in [6, 6.07) is 33.7. The fourth-order valence-electron chi connectivity index (χ4n) is 8.10. The molecular weight excluding hydrogens is 652 g/mol. The summed E-state index contributed by atoms with van der Waals surface area (Å²) in [5.41, 5.74) is 0.280. The Hall–Kier alpha value is -5.14. The van der Waals surface area contributed by atoms with Crippen molar-refractivity contribution in [1.82, 2.24) is 0 Å². The zero-order valence-electron chi connectivity index (χ0n) is 31.3. The minimum absolute atomic E-state index is 0.404. The first kappa shape index (κ1) is 36.6. The van der Waals surface area contributed by atoms with E-state index in [2.05, 4.69) is 27.7 Å². The summed E-state index contributed by atoms with van der Waals surface area (Å²) in [7, 11) is 0. The Kier molecular flexibility index (Phi) is 9.71. The van der Waals surface area contributed by atoms with E-state index in [0.717, 1.165) is 21.9 Å². The molecule has 7 nitrogen and oxygen atoms in total. The van der Waals surface area contributed by atoms with Crippen molar-refractivity contribution in [3.05, 3.63) is 130 Å². The van der Waals surface area contributed by atoms with E-state index in [1.807, 2.05) is 125 Å². The molecule has 2 heterocycles. The third-order valence-corrected chi connectivity index (χ3v) is 9.62. The molecule has 6 aromatic rings. The van der Waals surface area contributed by atoms with Gasteiger partial charge in [-0.05, 0) is 98.9 Å². The van der Waals surface area contributed by atoms with Crippen LogP contribution in [0.4, 0.5) is 0 Å². The van der Waals surface area contributed by atoms with Crippen LogP contribution in [0.25, 0.3) is 44.2 Å². The van der Waals surface area contributed by atoms with Crippen molar-refractivity contribution in [3.8, 4) is 33.8 Å². The fourth-order valence-corrected chi connectivity index (χ4v) is 8.10. The maximum absolute atomic E-state index is 12.8. The van der Waals surface area contributed by atoms with Crippen LogP contribution in [-0.2, 0) is 0 Å². The number of rotatable bonds is 12. The summed E-state index contributed by atoms with van der Waals surface area (Å²) < 4.78 is 24.4. The SMILES string of the molecule is CC(C)(CC(C)(C)C(O)C(C)(C)CC(C)(C)Oc1ccc2cc(-c3ccccc3)c(=O)oc2c1)Oc1ccc2cc(-c3ccccc3)c(=O)oc2c1. The van der Waals surface area contributed by atoms with E-state index in [1.165, 1.54) is 0 Å². The Labute approximate surface area is 304 Å². The molecule has 270 valence electrons. The van der Waals surface area contributed by atoms with Crippen LogP contribution in [0, 0.1) is 10.8 Å². The van der Waals surface area contributed by atoms with Gasteiger partial charge in [0, 0.05) is 22.9 Å². The maximum atomic E-state index is 12.8. The predicted molar refractivity (Wildman–Crippen MR) is 208 cm³/mol. The van der Waals surface area contributed by atoms with Crippen molar-refractivity contribution in [3.63, 3.8) is 0 Å². The van der Waals surface area contributed by atoms with Gasteiger partial charge < -0.3 is 23.4 Å². The lowest BCUT2D eigenvalue weighted by molar-refractivity contribution is -0.0937. The Morgan fingerprint density at radius 1 is 0.538 bits per heavy atom. The van der Waals surface area contributed by atoms with Crippen LogP contribution in [0.2, 0.25) is 0 Å². The summed E-state index contributed by atoms with van der Waals surface area (Å²) in [6.07, 6.45) is 0.355. The fraction of sp³-hybridized carbons (Fsp3) is 0.333. The molecule has 2 aromatic heterocycles. The maximum Gasteiger partial charge on any atom is 0.344 e. The van der Waals surface area contributed by atoms with Gasteiger partial charge in [0.2, 0.25) is 0 Å². The van der Waals surface area contributed by atoms with Crippen LogP contribution in [0.5, 0.6) is 11.5 Å². The van der Waals surface area contributed by atoms with E-state index in [4.69, 9.17) is 18.3 Å². The predicted octanol–water partition coefficient (Wildman–Crippen LogP) is 10.4. The highest BCUT2D eigenvalue weighted by Gasteiger charge is 2.45. The highest BCUT2D eigenvalue weighted by Crippen LogP contribution is 2.45. The number of fused-ring (bicyclic) bond motifs is 2. The summed E-state index contributed by atoms with van der Waals surface area (Å²) >= 11 is 0. The quantitative estimate of drug-likeness (QED) is 0.127. The molecule has 0 unspecified atom stereocenters. The molecule has 1 N–H and O–H groups in total. The summed E-state index contributed by atoms with van der Waals surface area (Å²) in [5, 5.41) is 13.5. The standard InChI is InChI=1S/C45H48O7/c1-42(2,27-44(5,6)51-33-21-19-31-23-35(29-15-11-9-12-16-29)39(46)49-37(31)25-33)41(48)43(3,4)28-45(7,8)52-34-22-20-32-24-36(30-17-13-10-14-18-30)40(47)50-38(32)26-34/h9-26,41,48H,27-28H2,1-8H3. The first-order valence-electron chi connectivity index (χ1n) is 17.7. The Bertz CT molecular complexity index is 2150. The zero-order valence-corrected chi connectivity index (χ0v) is 31.3. The minimum Gasteiger partial charge on any atom is -0.488 e. The molecule has 0 aliphatic heterocycles. The van der Waals surface area contributed by atoms with Gasteiger partial charge in [-0.3, -0.25) is 0 Å². The number of ether oxygens (including phenoxy) is 2. The molecule has 6 rings (SSSR count). The largest absolute Gasteiger partial charge is 0.488 e. The molecule has 0 saturated carbocycles. The molecule has 52 heavy (non-hydrogen) atoms. The van der Waals surface area contributed by atoms with Crippen LogP contribution in [0.3, 0.4) is 0 Å². The van der Waals surface area contributed by atoms with Gasteiger partial charge in [0.05, 0.1) is 17.2 Å². The van der Waals surface area contributed by atoms with Gasteiger partial charge in [-0.1, -0.05) is 88.4 Å². The van der Waals surface area contributed by atoms with Gasteiger partial charge in [0.15, 0.2) is 0 Å². The molecule has 0 fully saturated rings. The van der Waals surface area contributed by atoms with Crippen molar-refractivity contribution < 1.29 is 23.4 Å². The molecule has 0 aliphatic rings. The van der Waals surface area contributed by atoms with Crippen LogP contribution in [0.1, 0.15) is 68.2 Å². The summed E-state index contributed by atoms with van der Waals surface area (Å²) in [4.78, 5) is 25.7. The lowest BCUT2D eigenvalue weighted by Crippen LogP contribution is -2.49. The first-order valence-corrected chi connectivity index (χ1v) is 17.7. The average molecular weight is 701 g/mol. The Balaban J connectivity index is 1.13. The highest BCUT2D eigenvalue weighted by molar-refractivity contribution is 5.83. The summed E-state index contributed by atoms with van der Waals surface area (Å²) in [5.74, 6) is 1.16. The molecule has 0 amide bonds. The first-order chi connectivity index (χ1) is 24.4. The second kappa shape index (κ2) is 13.8. The van der Waals surface area contributed by atoms with Crippen molar-refractivity contribution in [2.45, 2.75) is 85.5 Å². The van der Waals surface area contributed by atoms with Crippen LogP contribution < -0.4 is 20.7 Å². The molecule has 7 heteroatoms. The van der Waals surface area contributed by atoms with Crippen molar-refractivity contribution in [2.75, 3.05) is 0 Å². The number of aliphatic hydroxyl groups excluding tert-OH is 1. The average Bonchev–Trinajstić information content (AvgIpc) is 3.06. The van der Waals surface area contributed by atoms with E-state index < -0.39 is 39.4 Å². The van der Waals surface area contributed by atoms with Gasteiger partial charge in [0.1, 0.15) is 33.9 Å². The van der Waals surface area contributed by atoms with Crippen molar-refractivity contribution in [1.29, 1.82) is 0 Å². The Morgan fingerprint density at radius 3 is 1.27 bits per heavy atom. The third kappa shape index (κ3) is 8.16. The normalized spacial score (nSPS) is 12.8. The summed E-state index contributed by atoms with van der Waals surface area (Å²) in [6.45, 7) is 16.2. The molecule has 0 spiro atoms. The number of benzene rings is 4. The molecule has 0 bridgehead atoms. The number of aliphatic hydroxyl groups is 1. The van der Waals surface area contributed by atoms with E-state index in [9.17, 15) is 14.7 Å². The zero-order chi connectivity index (χ0) is 37.5. The van der Waals surface area contributed by atoms with Gasteiger partial charge in [-0.25, -0.2) is 9.59 Å². The molecule has 0 saturated heterocycles. The lowest BCUT2D eigenvalue weighted by Gasteiger charge is -2.46. The second-order valence-corrected chi connectivity index (χ2v) is 16.5. The van der Waals surface area contributed by atoms with Gasteiger partial charge in [-0.15, -0.1) is 0 Å². The highest BCUT2D eigenvalue weighted by atomic mass is 16.5. The molecule has 4 aromatic carbocycles. The third-order valence-electron chi connectivity index (χ3n) is 9.62. The number of hydrogen-bond donors (Lipinski definition) is 1. The van der Waals surface area contributed by atoms with Crippen molar-refractivity contribution in [2.24, 2.45) is 10.8 Å². The molecule has 0 radical (unpaired) electrons. The van der Waals surface area contributed by atoms with Crippen LogP contribution in [-0.4, -0.2) is 22.4 Å². The van der Waals surface area contributed by atoms with Gasteiger partial charge in [0.25, 0.3) is 0 Å². The minimum atomic E-state index is -0.720. The van der Waals surface area contributed by atoms with Crippen molar-refractivity contribution >= 4 is 21.9 Å². The van der Waals surface area contributed by atoms with Crippen LogP contribution in [0.15, 0.2) is 128 Å². The van der Waals surface area contributed by atoms with Gasteiger partial charge >= 0.3 is 11.3 Å². The van der Waals surface area contributed by atoms with E-state index >= 15 is 0 Å². The molecular formula is C45H48O7. The smallest absolute Gasteiger partial charge is 0.344 e. The van der Waals surface area contributed by atoms with E-state index in [-0.39, 0.29) is 0 Å². The topological polar surface area (TPSA) is 99.1 Å². The number of hydrogen-bond acceptors (Lipinski definition) is 7. The van der Waals surface area contributed by atoms with Crippen LogP contribution >= 0.6 is 0 Å². The van der Waals surface area contributed by atoms with E-state index in [1.54, 1.807) is 12.1 Å². The monoisotopic (exact) mass is 700 g/mol. The Morgan fingerprint density at radius 2 is 0.904 bits per heavy atom. The lowest BCUT2D eigenvalue weighted by atomic mass is 9.65. The van der Waals surface area contributed by atoms with E-state index in [0.29, 0.717) is 46.6 Å².